The number of nitrogens with two attached hydrogens (primary N) is 1. The molecule has 5 aliphatic carbocycles. The maximum absolute atomic E-state index is 11.4. The van der Waals surface area contributed by atoms with Gasteiger partial charge in [-0.1, -0.05) is 12.8 Å². The molecule has 5 saturated carbocycles. The van der Waals surface area contributed by atoms with Gasteiger partial charge in [0.2, 0.25) is 0 Å². The summed E-state index contributed by atoms with van der Waals surface area (Å²) in [6.07, 6.45) is 12.1. The van der Waals surface area contributed by atoms with E-state index in [0.717, 1.165) is 23.7 Å². The SMILES string of the molecule is NCC(O)(C1CCCC1)C1C2CC3CC(C2)CC1C3. The van der Waals surface area contributed by atoms with E-state index in [1.165, 1.54) is 57.8 Å². The van der Waals surface area contributed by atoms with Gasteiger partial charge >= 0.3 is 0 Å². The monoisotopic (exact) mass is 263 g/mol. The zero-order valence-corrected chi connectivity index (χ0v) is 12.1. The van der Waals surface area contributed by atoms with E-state index >= 15 is 0 Å². The number of rotatable bonds is 3. The van der Waals surface area contributed by atoms with Gasteiger partial charge in [-0.2, -0.15) is 0 Å². The fourth-order valence-electron chi connectivity index (χ4n) is 6.74. The van der Waals surface area contributed by atoms with Crippen molar-refractivity contribution in [2.75, 3.05) is 6.54 Å². The Balaban J connectivity index is 1.62. The van der Waals surface area contributed by atoms with E-state index in [-0.39, 0.29) is 0 Å². The summed E-state index contributed by atoms with van der Waals surface area (Å²) in [7, 11) is 0. The summed E-state index contributed by atoms with van der Waals surface area (Å²) in [5, 5.41) is 11.4. The van der Waals surface area contributed by atoms with Crippen LogP contribution in [0, 0.1) is 35.5 Å². The van der Waals surface area contributed by atoms with Crippen molar-refractivity contribution in [1.82, 2.24) is 0 Å². The zero-order chi connectivity index (χ0) is 13.0. The molecule has 5 fully saturated rings. The summed E-state index contributed by atoms with van der Waals surface area (Å²) in [5.41, 5.74) is 5.59. The molecule has 2 nitrogen and oxygen atoms in total. The minimum absolute atomic E-state index is 0.500. The summed E-state index contributed by atoms with van der Waals surface area (Å²) in [6, 6.07) is 0. The first-order valence-corrected chi connectivity index (χ1v) is 8.63. The third kappa shape index (κ3) is 1.82. The van der Waals surface area contributed by atoms with Crippen molar-refractivity contribution >= 4 is 0 Å². The van der Waals surface area contributed by atoms with Gasteiger partial charge < -0.3 is 10.8 Å². The summed E-state index contributed by atoms with van der Waals surface area (Å²) >= 11 is 0. The molecular weight excluding hydrogens is 234 g/mol. The topological polar surface area (TPSA) is 46.2 Å². The van der Waals surface area contributed by atoms with Crippen molar-refractivity contribution in [3.05, 3.63) is 0 Å². The van der Waals surface area contributed by atoms with Crippen LogP contribution in [0.1, 0.15) is 57.8 Å². The molecule has 0 heterocycles. The Morgan fingerprint density at radius 1 is 0.895 bits per heavy atom. The Labute approximate surface area is 117 Å². The second-order valence-corrected chi connectivity index (χ2v) is 8.13. The van der Waals surface area contributed by atoms with Gasteiger partial charge in [0.05, 0.1) is 5.60 Å². The van der Waals surface area contributed by atoms with Crippen LogP contribution >= 0.6 is 0 Å². The van der Waals surface area contributed by atoms with E-state index in [0.29, 0.717) is 18.4 Å². The summed E-state index contributed by atoms with van der Waals surface area (Å²) in [6.45, 7) is 0.505. The van der Waals surface area contributed by atoms with E-state index in [1.807, 2.05) is 0 Å². The van der Waals surface area contributed by atoms with E-state index in [1.54, 1.807) is 0 Å². The largest absolute Gasteiger partial charge is 0.388 e. The summed E-state index contributed by atoms with van der Waals surface area (Å²) in [4.78, 5) is 0. The van der Waals surface area contributed by atoms with E-state index in [4.69, 9.17) is 5.73 Å². The lowest BCUT2D eigenvalue weighted by atomic mass is 9.47. The number of aliphatic hydroxyl groups is 1. The van der Waals surface area contributed by atoms with Gasteiger partial charge in [-0.15, -0.1) is 0 Å². The lowest BCUT2D eigenvalue weighted by molar-refractivity contribution is -0.161. The molecule has 19 heavy (non-hydrogen) atoms. The van der Waals surface area contributed by atoms with Crippen LogP contribution in [-0.2, 0) is 0 Å². The summed E-state index contributed by atoms with van der Waals surface area (Å²) in [5.74, 6) is 4.61. The quantitative estimate of drug-likeness (QED) is 0.822. The first kappa shape index (κ1) is 12.6. The Bertz CT molecular complexity index is 321. The zero-order valence-electron chi connectivity index (χ0n) is 12.1. The fourth-order valence-corrected chi connectivity index (χ4v) is 6.74. The van der Waals surface area contributed by atoms with Crippen LogP contribution in [0.15, 0.2) is 0 Å². The first-order valence-electron chi connectivity index (χ1n) is 8.63. The van der Waals surface area contributed by atoms with Gasteiger partial charge in [-0.05, 0) is 80.5 Å². The van der Waals surface area contributed by atoms with E-state index in [9.17, 15) is 5.11 Å². The van der Waals surface area contributed by atoms with Crippen LogP contribution in [0.5, 0.6) is 0 Å². The molecule has 0 amide bonds. The van der Waals surface area contributed by atoms with Gasteiger partial charge in [0, 0.05) is 6.54 Å². The fraction of sp³-hybridized carbons (Fsp3) is 1.00. The smallest absolute Gasteiger partial charge is 0.0830 e. The standard InChI is InChI=1S/C17H29NO/c18-10-17(19,15-3-1-2-4-15)16-13-6-11-5-12(8-13)9-14(16)7-11/h11-16,19H,1-10,18H2. The molecule has 0 spiro atoms. The molecule has 1 atom stereocenters. The minimum atomic E-state index is -0.529. The molecule has 0 aliphatic heterocycles. The first-order chi connectivity index (χ1) is 9.20. The lowest BCUT2D eigenvalue weighted by Gasteiger charge is -2.59. The van der Waals surface area contributed by atoms with Gasteiger partial charge in [0.25, 0.3) is 0 Å². The predicted octanol–water partition coefficient (Wildman–Crippen LogP) is 2.94. The Kier molecular flexibility index (Phi) is 2.97. The van der Waals surface area contributed by atoms with Gasteiger partial charge in [0.15, 0.2) is 0 Å². The maximum atomic E-state index is 11.4. The van der Waals surface area contributed by atoms with Crippen molar-refractivity contribution in [2.24, 2.45) is 41.2 Å². The van der Waals surface area contributed by atoms with Crippen molar-refractivity contribution < 1.29 is 5.11 Å². The third-order valence-electron chi connectivity index (χ3n) is 7.19. The molecule has 0 aromatic rings. The predicted molar refractivity (Wildman–Crippen MR) is 76.5 cm³/mol. The lowest BCUT2D eigenvalue weighted by Crippen LogP contribution is -2.60. The van der Waals surface area contributed by atoms with Crippen LogP contribution < -0.4 is 5.73 Å². The summed E-state index contributed by atoms with van der Waals surface area (Å²) < 4.78 is 0. The van der Waals surface area contributed by atoms with Crippen molar-refractivity contribution in [2.45, 2.75) is 63.4 Å². The second kappa shape index (κ2) is 4.46. The average molecular weight is 263 g/mol. The third-order valence-corrected chi connectivity index (χ3v) is 7.19. The van der Waals surface area contributed by atoms with E-state index in [2.05, 4.69) is 0 Å². The molecule has 5 rings (SSSR count). The van der Waals surface area contributed by atoms with Crippen LogP contribution in [-0.4, -0.2) is 17.3 Å². The molecule has 3 N–H and O–H groups in total. The van der Waals surface area contributed by atoms with Gasteiger partial charge in [-0.25, -0.2) is 0 Å². The Morgan fingerprint density at radius 3 is 1.89 bits per heavy atom. The van der Waals surface area contributed by atoms with Gasteiger partial charge in [0.1, 0.15) is 0 Å². The number of hydrogen-bond acceptors (Lipinski definition) is 2. The molecule has 108 valence electrons. The average Bonchev–Trinajstić information content (AvgIpc) is 2.91. The van der Waals surface area contributed by atoms with Crippen LogP contribution in [0.25, 0.3) is 0 Å². The molecule has 5 aliphatic rings. The Morgan fingerprint density at radius 2 is 1.42 bits per heavy atom. The minimum Gasteiger partial charge on any atom is -0.388 e. The molecule has 0 radical (unpaired) electrons. The molecule has 2 heteroatoms. The number of hydrogen-bond donors (Lipinski definition) is 2. The Hall–Kier alpha value is -0.0800. The highest BCUT2D eigenvalue weighted by atomic mass is 16.3. The van der Waals surface area contributed by atoms with Crippen LogP contribution in [0.3, 0.4) is 0 Å². The van der Waals surface area contributed by atoms with E-state index < -0.39 is 5.60 Å². The highest BCUT2D eigenvalue weighted by molar-refractivity contribution is 5.07. The molecule has 0 aromatic carbocycles. The van der Waals surface area contributed by atoms with Crippen molar-refractivity contribution in [3.8, 4) is 0 Å². The molecule has 0 aromatic heterocycles. The van der Waals surface area contributed by atoms with Crippen LogP contribution in [0.2, 0.25) is 0 Å². The maximum Gasteiger partial charge on any atom is 0.0830 e. The van der Waals surface area contributed by atoms with Crippen LogP contribution in [0.4, 0.5) is 0 Å². The molecule has 0 saturated heterocycles. The normalized spacial score (nSPS) is 48.6. The van der Waals surface area contributed by atoms with Crippen molar-refractivity contribution in [3.63, 3.8) is 0 Å². The highest BCUT2D eigenvalue weighted by Crippen LogP contribution is 2.60. The van der Waals surface area contributed by atoms with Crippen molar-refractivity contribution in [1.29, 1.82) is 0 Å². The second-order valence-electron chi connectivity index (χ2n) is 8.13. The van der Waals surface area contributed by atoms with Gasteiger partial charge in [-0.3, -0.25) is 0 Å². The molecule has 1 unspecified atom stereocenters. The molecule has 4 bridgehead atoms. The highest BCUT2D eigenvalue weighted by Gasteiger charge is 2.57. The molecular formula is C17H29NO.